The molecule has 21 heterocycles. The predicted molar refractivity (Wildman–Crippen MR) is 230 cm³/mol. The molecule has 0 amide bonds. The second kappa shape index (κ2) is 28.8. The molecule has 14 bridgehead atoms. The van der Waals surface area contributed by atoms with E-state index in [1.54, 1.807) is 0 Å². The van der Waals surface area contributed by atoms with Crippen molar-refractivity contribution in [2.24, 2.45) is 0 Å². The Balaban J connectivity index is 0.00000504. The second-order valence-electron chi connectivity index (χ2n) is 19.7. The summed E-state index contributed by atoms with van der Waals surface area (Å²) in [5.41, 5.74) is 0. The zero-order chi connectivity index (χ0) is 56.1. The fourth-order valence-electron chi connectivity index (χ4n) is 10.4. The van der Waals surface area contributed by atoms with Crippen molar-refractivity contribution in [2.75, 3.05) is 46.2 Å². The molecular weight excluding hydrogens is 1100 g/mol. The molecule has 21 fully saturated rings. The van der Waals surface area contributed by atoms with E-state index >= 15 is 0 Å². The van der Waals surface area contributed by atoms with Crippen LogP contribution >= 0.6 is 0 Å². The minimum Gasteiger partial charge on any atom is -0.870 e. The number of hydrogen-bond acceptors (Lipinski definition) is 36. The molecule has 0 aromatic rings. The molecule has 22 N–H and O–H groups in total. The maximum absolute atomic E-state index is 11.3. The SMILES string of the molecule is OC[C@H]1O[C@@H]2O[C@H]3[C@H](O)[C@@H](O)[C@@H](O[C@H]4[C@H](O)[C@@H](O)[C@@H](O[C@H]5[C@H](O)[C@@H](O)[C@@H](O[C@H]6[C@H](O)[C@@H](O)[C@@H](O[C@H]7[C@H](O)[C@@H](O)[C@@H](O[C@H]8[C@H](O)[C@@H](O)[C@@H](O[C@H]1[C@H](O)[C@H]2O)O[C@@H]8CO)O[C@@H]7CO)O[C@@H]6CO)O[C@@H]5CO)O[C@@H]4CO)O[C@@H]3CO.[Na+].[OH-]. The molecule has 21 saturated heterocycles. The van der Waals surface area contributed by atoms with Crippen molar-refractivity contribution in [2.45, 2.75) is 215 Å². The van der Waals surface area contributed by atoms with Crippen molar-refractivity contribution in [3.05, 3.63) is 0 Å². The van der Waals surface area contributed by atoms with Gasteiger partial charge in [-0.25, -0.2) is 0 Å². The molecule has 79 heavy (non-hydrogen) atoms. The quantitative estimate of drug-likeness (QED) is 0.105. The Labute approximate surface area is 468 Å². The monoisotopic (exact) mass is 1170 g/mol. The molecule has 0 aromatic carbocycles. The van der Waals surface area contributed by atoms with Gasteiger partial charge < -0.3 is 179 Å². The minimum absolute atomic E-state index is 0. The van der Waals surface area contributed by atoms with Gasteiger partial charge in [0, 0.05) is 0 Å². The summed E-state index contributed by atoms with van der Waals surface area (Å²) in [6.07, 6.45) is -70.2. The smallest absolute Gasteiger partial charge is 0.870 e. The fraction of sp³-hybridized carbons (Fsp3) is 1.00. The number of aliphatic hydroxyl groups is 21. The number of ether oxygens (including phenoxy) is 14. The third-order valence-electron chi connectivity index (χ3n) is 14.8. The summed E-state index contributed by atoms with van der Waals surface area (Å²) < 4.78 is 79.5. The topological polar surface area (TPSA) is 584 Å². The average Bonchev–Trinajstić information content (AvgIpc) is 3.51. The summed E-state index contributed by atoms with van der Waals surface area (Å²) in [5, 5.41) is 230. The van der Waals surface area contributed by atoms with Gasteiger partial charge in [0.2, 0.25) is 0 Å². The van der Waals surface area contributed by atoms with Crippen molar-refractivity contribution in [3.8, 4) is 0 Å². The van der Waals surface area contributed by atoms with Crippen LogP contribution in [-0.2, 0) is 66.3 Å². The Morgan fingerprint density at radius 3 is 0.367 bits per heavy atom. The van der Waals surface area contributed by atoms with Crippen molar-refractivity contribution in [3.63, 3.8) is 0 Å². The van der Waals surface area contributed by atoms with Gasteiger partial charge in [0.15, 0.2) is 44.0 Å². The summed E-state index contributed by atoms with van der Waals surface area (Å²) in [5.74, 6) is 0. The Hall–Kier alpha value is -0.440. The van der Waals surface area contributed by atoms with Crippen LogP contribution < -0.4 is 29.6 Å². The molecule has 37 heteroatoms. The summed E-state index contributed by atoms with van der Waals surface area (Å²) in [6, 6.07) is 0. The van der Waals surface area contributed by atoms with Crippen molar-refractivity contribution >= 4 is 0 Å². The van der Waals surface area contributed by atoms with Crippen LogP contribution in [0.4, 0.5) is 0 Å². The van der Waals surface area contributed by atoms with Gasteiger partial charge in [-0.2, -0.15) is 0 Å². The van der Waals surface area contributed by atoms with E-state index in [1.807, 2.05) is 0 Å². The number of rotatable bonds is 7. The molecule has 0 saturated carbocycles. The van der Waals surface area contributed by atoms with Gasteiger partial charge in [-0.1, -0.05) is 0 Å². The Bertz CT molecular complexity index is 1480. The van der Waals surface area contributed by atoms with Crippen molar-refractivity contribution < 1.29 is 209 Å². The molecule has 35 atom stereocenters. The van der Waals surface area contributed by atoms with E-state index in [0.29, 0.717) is 0 Å². The molecule has 21 aliphatic rings. The molecule has 21 rings (SSSR count). The van der Waals surface area contributed by atoms with Crippen LogP contribution in [0, 0.1) is 0 Å². The van der Waals surface area contributed by atoms with Crippen molar-refractivity contribution in [1.82, 2.24) is 0 Å². The zero-order valence-electron chi connectivity index (χ0n) is 41.7. The summed E-state index contributed by atoms with van der Waals surface area (Å²) >= 11 is 0. The van der Waals surface area contributed by atoms with Gasteiger partial charge in [0.25, 0.3) is 0 Å². The third kappa shape index (κ3) is 13.4. The van der Waals surface area contributed by atoms with E-state index in [2.05, 4.69) is 0 Å². The Morgan fingerprint density at radius 2 is 0.278 bits per heavy atom. The Kier molecular flexibility index (Phi) is 24.7. The van der Waals surface area contributed by atoms with Gasteiger partial charge in [0.1, 0.15) is 171 Å². The van der Waals surface area contributed by atoms with E-state index in [1.165, 1.54) is 0 Å². The molecule has 0 aromatic heterocycles. The van der Waals surface area contributed by atoms with Crippen LogP contribution in [0.2, 0.25) is 0 Å². The zero-order valence-corrected chi connectivity index (χ0v) is 43.7. The van der Waals surface area contributed by atoms with E-state index in [4.69, 9.17) is 66.3 Å². The summed E-state index contributed by atoms with van der Waals surface area (Å²) in [6.45, 7) is -7.33. The van der Waals surface area contributed by atoms with E-state index in [9.17, 15) is 107 Å². The Morgan fingerprint density at radius 1 is 0.177 bits per heavy atom. The second-order valence-corrected chi connectivity index (χ2v) is 19.7. The molecular formula is C42H71NaO36. The maximum Gasteiger partial charge on any atom is 1.00 e. The van der Waals surface area contributed by atoms with Gasteiger partial charge in [-0.15, -0.1) is 0 Å². The normalized spacial score (nSPS) is 54.0. The molecule has 456 valence electrons. The molecule has 21 aliphatic heterocycles. The molecule has 0 unspecified atom stereocenters. The van der Waals surface area contributed by atoms with Gasteiger partial charge in [-0.3, -0.25) is 0 Å². The summed E-state index contributed by atoms with van der Waals surface area (Å²) in [4.78, 5) is 0. The van der Waals surface area contributed by atoms with E-state index < -0.39 is 261 Å². The number of aliphatic hydroxyl groups excluding tert-OH is 21. The van der Waals surface area contributed by atoms with E-state index in [0.717, 1.165) is 0 Å². The minimum atomic E-state index is -2.21. The van der Waals surface area contributed by atoms with E-state index in [-0.39, 0.29) is 35.0 Å². The first-order valence-corrected chi connectivity index (χ1v) is 24.6. The van der Waals surface area contributed by atoms with Crippen LogP contribution in [0.25, 0.3) is 0 Å². The number of hydrogen-bond donors (Lipinski definition) is 21. The fourth-order valence-corrected chi connectivity index (χ4v) is 10.4. The van der Waals surface area contributed by atoms with Crippen LogP contribution in [0.1, 0.15) is 0 Å². The average molecular weight is 1170 g/mol. The summed E-state index contributed by atoms with van der Waals surface area (Å²) in [7, 11) is 0. The first-order valence-electron chi connectivity index (χ1n) is 24.6. The standard InChI is InChI=1S/C42H70O35.Na.H2O/c43-1-8-29-15(50)22(57)36(64-8)72-30-9(2-44)66-38(24(59)17(30)52)74-32-11(4-46)68-40(26(61)19(32)54)76-34-13(6-48)70-42(28(63)21(34)56)77-35-14(7-49)69-41(27(62)20(35)55)75-33-12(5-47)67-39(25(60)18(33)53)73-31-10(3-45)65-37(71-29)23(58)16(31)51;;/h8-63H,1-7H2;;1H2/q;+1;/p-1/t8-,9-,10-,11-,12-,13-,14-,15-,16-,17-,18-,19-,20-,21-,22-,23-,24-,25-,26-,27-,28-,29-,30-,31-,32-,33-,34-,35-,36-,37-,38-,39-,40-,41-,42-;;/m1../s1. The van der Waals surface area contributed by atoms with Gasteiger partial charge >= 0.3 is 29.6 Å². The van der Waals surface area contributed by atoms with Crippen LogP contribution in [-0.4, -0.2) is 374 Å². The van der Waals surface area contributed by atoms with Gasteiger partial charge in [0.05, 0.1) is 46.2 Å². The molecule has 0 aliphatic carbocycles. The first-order chi connectivity index (χ1) is 36.7. The molecule has 0 radical (unpaired) electrons. The van der Waals surface area contributed by atoms with Crippen LogP contribution in [0.3, 0.4) is 0 Å². The van der Waals surface area contributed by atoms with Gasteiger partial charge in [-0.05, 0) is 0 Å². The molecule has 36 nitrogen and oxygen atoms in total. The predicted octanol–water partition coefficient (Wildman–Crippen LogP) is -18.4. The first kappa shape index (κ1) is 67.7. The van der Waals surface area contributed by atoms with Crippen LogP contribution in [0.5, 0.6) is 0 Å². The maximum atomic E-state index is 11.3. The third-order valence-corrected chi connectivity index (χ3v) is 14.8. The largest absolute Gasteiger partial charge is 1.00 e. The van der Waals surface area contributed by atoms with Crippen molar-refractivity contribution in [1.29, 1.82) is 0 Å². The molecule has 0 spiro atoms. The van der Waals surface area contributed by atoms with Crippen LogP contribution in [0.15, 0.2) is 0 Å².